The van der Waals surface area contributed by atoms with Gasteiger partial charge in [-0.05, 0) is 25.0 Å². The number of anilines is 1. The normalized spacial score (nSPS) is 16.6. The Morgan fingerprint density at radius 2 is 2.00 bits per heavy atom. The Bertz CT molecular complexity index is 534. The summed E-state index contributed by atoms with van der Waals surface area (Å²) >= 11 is 0. The fourth-order valence-electron chi connectivity index (χ4n) is 1.76. The molecule has 1 aromatic carbocycles. The van der Waals surface area contributed by atoms with Crippen LogP contribution in [-0.2, 0) is 0 Å². The number of nitrogens with two attached hydrogens (primary N) is 1. The average molecular weight is 431 g/mol. The van der Waals surface area contributed by atoms with Crippen molar-refractivity contribution in [2.75, 3.05) is 18.5 Å². The van der Waals surface area contributed by atoms with Gasteiger partial charge in [0.2, 0.25) is 0 Å². The van der Waals surface area contributed by atoms with Crippen LogP contribution in [-0.4, -0.2) is 30.6 Å². The Kier molecular flexibility index (Phi) is 6.29. The van der Waals surface area contributed by atoms with Gasteiger partial charge in [0.05, 0.1) is 18.8 Å². The number of nitrogens with one attached hydrogen (secondary N) is 1. The topological polar surface area (TPSA) is 79.9 Å². The minimum absolute atomic E-state index is 0. The smallest absolute Gasteiger partial charge is 0.404 e. The lowest BCUT2D eigenvalue weighted by molar-refractivity contribution is -0.274. The van der Waals surface area contributed by atoms with E-state index in [1.807, 2.05) is 0 Å². The highest BCUT2D eigenvalue weighted by Gasteiger charge is 2.41. The lowest BCUT2D eigenvalue weighted by Gasteiger charge is -2.14. The summed E-state index contributed by atoms with van der Waals surface area (Å²) in [4.78, 5) is 4.05. The van der Waals surface area contributed by atoms with Gasteiger partial charge in [0, 0.05) is 5.41 Å². The molecule has 124 valence electrons. The third kappa shape index (κ3) is 5.52. The molecule has 1 aromatic rings. The molecule has 0 atom stereocenters. The number of halogens is 4. The predicted octanol–water partition coefficient (Wildman–Crippen LogP) is 2.70. The van der Waals surface area contributed by atoms with Gasteiger partial charge in [0.25, 0.3) is 0 Å². The van der Waals surface area contributed by atoms with Crippen LogP contribution >= 0.6 is 24.0 Å². The summed E-state index contributed by atoms with van der Waals surface area (Å²) in [7, 11) is 0. The standard InChI is InChI=1S/C13H16F3N3O2.HI/c14-13(15,16)21-10-4-2-1-3-9(10)19-11(17)18-7-12(8-20)5-6-12;/h1-4,20H,5-8H2,(H3,17,18,19);1H. The molecule has 0 spiro atoms. The van der Waals surface area contributed by atoms with Gasteiger partial charge in [0.15, 0.2) is 11.7 Å². The maximum atomic E-state index is 12.3. The van der Waals surface area contributed by atoms with Crippen molar-refractivity contribution in [3.63, 3.8) is 0 Å². The maximum absolute atomic E-state index is 12.3. The Morgan fingerprint density at radius 3 is 2.55 bits per heavy atom. The minimum Gasteiger partial charge on any atom is -0.404 e. The SMILES string of the molecule is I.NC(=NCC1(CO)CC1)Nc1ccccc1OC(F)(F)F. The molecule has 2 rings (SSSR count). The van der Waals surface area contributed by atoms with E-state index in [0.717, 1.165) is 12.8 Å². The van der Waals surface area contributed by atoms with Crippen molar-refractivity contribution in [3.05, 3.63) is 24.3 Å². The van der Waals surface area contributed by atoms with E-state index in [9.17, 15) is 13.2 Å². The number of rotatable bonds is 5. The fourth-order valence-corrected chi connectivity index (χ4v) is 1.76. The minimum atomic E-state index is -4.78. The molecule has 1 fully saturated rings. The van der Waals surface area contributed by atoms with Crippen LogP contribution in [0.2, 0.25) is 0 Å². The number of nitrogens with zero attached hydrogens (tertiary/aromatic N) is 1. The Labute approximate surface area is 142 Å². The monoisotopic (exact) mass is 431 g/mol. The van der Waals surface area contributed by atoms with Gasteiger partial charge in [-0.2, -0.15) is 0 Å². The van der Waals surface area contributed by atoms with E-state index in [1.165, 1.54) is 18.2 Å². The quantitative estimate of drug-likeness (QED) is 0.381. The van der Waals surface area contributed by atoms with Crippen LogP contribution in [0.1, 0.15) is 12.8 Å². The summed E-state index contributed by atoms with van der Waals surface area (Å²) in [6.07, 6.45) is -3.04. The largest absolute Gasteiger partial charge is 0.573 e. The van der Waals surface area contributed by atoms with Crippen molar-refractivity contribution in [2.45, 2.75) is 19.2 Å². The summed E-state index contributed by atoms with van der Waals surface area (Å²) < 4.78 is 40.7. The summed E-state index contributed by atoms with van der Waals surface area (Å²) in [5.74, 6) is -0.403. The van der Waals surface area contributed by atoms with E-state index in [-0.39, 0.29) is 53.4 Å². The van der Waals surface area contributed by atoms with E-state index in [1.54, 1.807) is 6.07 Å². The molecule has 0 radical (unpaired) electrons. The number of aliphatic hydroxyl groups is 1. The van der Waals surface area contributed by atoms with Crippen molar-refractivity contribution in [2.24, 2.45) is 16.1 Å². The number of para-hydroxylation sites is 2. The molecular weight excluding hydrogens is 414 g/mol. The van der Waals surface area contributed by atoms with Gasteiger partial charge in [-0.25, -0.2) is 0 Å². The third-order valence-electron chi connectivity index (χ3n) is 3.25. The zero-order chi connectivity index (χ0) is 15.5. The summed E-state index contributed by atoms with van der Waals surface area (Å²) in [5, 5.41) is 11.7. The first-order chi connectivity index (χ1) is 9.84. The lowest BCUT2D eigenvalue weighted by Crippen LogP contribution is -2.26. The second-order valence-corrected chi connectivity index (χ2v) is 5.03. The third-order valence-corrected chi connectivity index (χ3v) is 3.25. The highest BCUT2D eigenvalue weighted by Crippen LogP contribution is 2.45. The second kappa shape index (κ2) is 7.36. The summed E-state index contributed by atoms with van der Waals surface area (Å²) in [6.45, 7) is 0.363. The number of benzene rings is 1. The zero-order valence-electron chi connectivity index (χ0n) is 11.6. The highest BCUT2D eigenvalue weighted by atomic mass is 127. The first kappa shape index (κ1) is 18.8. The molecule has 0 unspecified atom stereocenters. The first-order valence-corrected chi connectivity index (χ1v) is 6.36. The highest BCUT2D eigenvalue weighted by molar-refractivity contribution is 14.0. The Balaban J connectivity index is 0.00000242. The number of ether oxygens (including phenoxy) is 1. The van der Waals surface area contributed by atoms with E-state index >= 15 is 0 Å². The molecule has 0 bridgehead atoms. The molecule has 1 aliphatic carbocycles. The Hall–Kier alpha value is -1.23. The molecule has 0 aliphatic heterocycles. The van der Waals surface area contributed by atoms with Crippen LogP contribution < -0.4 is 15.8 Å². The predicted molar refractivity (Wildman–Crippen MR) is 87.4 cm³/mol. The van der Waals surface area contributed by atoms with Crippen molar-refractivity contribution < 1.29 is 23.0 Å². The van der Waals surface area contributed by atoms with E-state index in [2.05, 4.69) is 15.0 Å². The molecule has 22 heavy (non-hydrogen) atoms. The molecule has 5 nitrogen and oxygen atoms in total. The lowest BCUT2D eigenvalue weighted by atomic mass is 10.1. The van der Waals surface area contributed by atoms with E-state index in [0.29, 0.717) is 6.54 Å². The molecule has 9 heteroatoms. The number of hydrogen-bond acceptors (Lipinski definition) is 3. The average Bonchev–Trinajstić information content (AvgIpc) is 3.18. The van der Waals surface area contributed by atoms with Crippen LogP contribution in [0.3, 0.4) is 0 Å². The van der Waals surface area contributed by atoms with E-state index in [4.69, 9.17) is 10.8 Å². The van der Waals surface area contributed by atoms with Gasteiger partial charge in [-0.1, -0.05) is 12.1 Å². The van der Waals surface area contributed by atoms with Gasteiger partial charge in [-0.15, -0.1) is 37.1 Å². The number of hydrogen-bond donors (Lipinski definition) is 3. The molecular formula is C13H17F3IN3O2. The van der Waals surface area contributed by atoms with Crippen molar-refractivity contribution >= 4 is 35.6 Å². The van der Waals surface area contributed by atoms with Gasteiger partial charge < -0.3 is 20.9 Å². The van der Waals surface area contributed by atoms with Crippen LogP contribution in [0.5, 0.6) is 5.75 Å². The maximum Gasteiger partial charge on any atom is 0.573 e. The molecule has 1 aliphatic rings. The van der Waals surface area contributed by atoms with Gasteiger partial charge in [-0.3, -0.25) is 4.99 Å². The molecule has 1 saturated carbocycles. The first-order valence-electron chi connectivity index (χ1n) is 6.36. The van der Waals surface area contributed by atoms with Crippen LogP contribution in [0.15, 0.2) is 29.3 Å². The van der Waals surface area contributed by atoms with Gasteiger partial charge >= 0.3 is 6.36 Å². The second-order valence-electron chi connectivity index (χ2n) is 5.03. The fraction of sp³-hybridized carbons (Fsp3) is 0.462. The summed E-state index contributed by atoms with van der Waals surface area (Å²) in [6, 6.07) is 5.56. The van der Waals surface area contributed by atoms with Crippen molar-refractivity contribution in [1.29, 1.82) is 0 Å². The molecule has 0 amide bonds. The molecule has 4 N–H and O–H groups in total. The van der Waals surface area contributed by atoms with Crippen molar-refractivity contribution in [1.82, 2.24) is 0 Å². The zero-order valence-corrected chi connectivity index (χ0v) is 13.9. The summed E-state index contributed by atoms with van der Waals surface area (Å²) in [5.41, 5.74) is 5.51. The van der Waals surface area contributed by atoms with Gasteiger partial charge in [0.1, 0.15) is 0 Å². The molecule has 0 saturated heterocycles. The number of aliphatic hydroxyl groups excluding tert-OH is 1. The van der Waals surface area contributed by atoms with Crippen LogP contribution in [0.25, 0.3) is 0 Å². The number of alkyl halides is 3. The number of aliphatic imine (C=N–C) groups is 1. The van der Waals surface area contributed by atoms with E-state index < -0.39 is 6.36 Å². The Morgan fingerprint density at radius 1 is 1.36 bits per heavy atom. The van der Waals surface area contributed by atoms with Crippen molar-refractivity contribution in [3.8, 4) is 5.75 Å². The molecule has 0 heterocycles. The van der Waals surface area contributed by atoms with Crippen LogP contribution in [0.4, 0.5) is 18.9 Å². The van der Waals surface area contributed by atoms with Crippen LogP contribution in [0, 0.1) is 5.41 Å². The number of guanidine groups is 1. The molecule has 0 aromatic heterocycles.